The highest BCUT2D eigenvalue weighted by molar-refractivity contribution is 9.10. The molecular weight excluding hydrogens is 330 g/mol. The Bertz CT molecular complexity index is 619. The minimum absolute atomic E-state index is 0.0585. The Kier molecular flexibility index (Phi) is 4.44. The summed E-state index contributed by atoms with van der Waals surface area (Å²) >= 11 is 4.81. The first-order chi connectivity index (χ1) is 9.08. The number of rotatable bonds is 4. The largest absolute Gasteiger partial charge is 0.507 e. The van der Waals surface area contributed by atoms with Gasteiger partial charge in [0.15, 0.2) is 0 Å². The molecule has 0 bridgehead atoms. The van der Waals surface area contributed by atoms with Crippen LogP contribution in [0.5, 0.6) is 5.75 Å². The van der Waals surface area contributed by atoms with E-state index in [1.165, 1.54) is 23.9 Å². The minimum atomic E-state index is -0.426. The van der Waals surface area contributed by atoms with Gasteiger partial charge in [0.1, 0.15) is 5.75 Å². The highest BCUT2D eigenvalue weighted by Crippen LogP contribution is 2.33. The number of aromatic hydroxyl groups is 1. The molecule has 98 valence electrons. The third-order valence-corrected chi connectivity index (χ3v) is 4.35. The number of non-ortho nitro benzene ring substituents is 1. The molecule has 0 unspecified atom stereocenters. The maximum atomic E-state index is 10.6. The number of hydrogen-bond acceptors (Lipinski definition) is 4. The summed E-state index contributed by atoms with van der Waals surface area (Å²) in [5, 5.41) is 20.3. The van der Waals surface area contributed by atoms with Gasteiger partial charge in [-0.1, -0.05) is 34.1 Å². The zero-order valence-corrected chi connectivity index (χ0v) is 12.1. The molecule has 0 spiro atoms. The van der Waals surface area contributed by atoms with E-state index >= 15 is 0 Å². The van der Waals surface area contributed by atoms with Gasteiger partial charge in [-0.05, 0) is 17.7 Å². The molecule has 6 heteroatoms. The molecule has 0 radical (unpaired) electrons. The van der Waals surface area contributed by atoms with Gasteiger partial charge in [0.2, 0.25) is 0 Å². The van der Waals surface area contributed by atoms with Crippen LogP contribution >= 0.6 is 27.7 Å². The molecule has 0 saturated heterocycles. The molecule has 0 atom stereocenters. The molecule has 0 amide bonds. The lowest BCUT2D eigenvalue weighted by Gasteiger charge is -2.06. The molecule has 0 heterocycles. The normalized spacial score (nSPS) is 10.4. The van der Waals surface area contributed by atoms with Crippen molar-refractivity contribution in [3.05, 3.63) is 62.6 Å². The molecule has 0 aliphatic carbocycles. The molecular formula is C13H10BrNO3S. The second kappa shape index (κ2) is 6.08. The molecule has 4 nitrogen and oxygen atoms in total. The maximum absolute atomic E-state index is 10.6. The molecule has 0 aliphatic heterocycles. The van der Waals surface area contributed by atoms with Crippen LogP contribution in [0.4, 0.5) is 5.69 Å². The average Bonchev–Trinajstić information content (AvgIpc) is 2.39. The SMILES string of the molecule is O=[N+]([O-])c1ccc(CSc2ccccc2O)c(Br)c1. The Hall–Kier alpha value is -1.53. The van der Waals surface area contributed by atoms with Crippen LogP contribution in [0, 0.1) is 10.1 Å². The van der Waals surface area contributed by atoms with Crippen molar-refractivity contribution in [3.63, 3.8) is 0 Å². The number of thioether (sulfide) groups is 1. The van der Waals surface area contributed by atoms with Crippen molar-refractivity contribution in [2.45, 2.75) is 10.6 Å². The maximum Gasteiger partial charge on any atom is 0.270 e. The number of benzene rings is 2. The summed E-state index contributed by atoms with van der Waals surface area (Å²) in [6.07, 6.45) is 0. The average molecular weight is 340 g/mol. The van der Waals surface area contributed by atoms with Gasteiger partial charge in [-0.15, -0.1) is 11.8 Å². The Morgan fingerprint density at radius 1 is 1.26 bits per heavy atom. The van der Waals surface area contributed by atoms with Gasteiger partial charge in [0.05, 0.1) is 4.92 Å². The van der Waals surface area contributed by atoms with Crippen LogP contribution in [-0.2, 0) is 5.75 Å². The van der Waals surface area contributed by atoms with Gasteiger partial charge < -0.3 is 5.11 Å². The van der Waals surface area contributed by atoms with Crippen molar-refractivity contribution in [1.29, 1.82) is 0 Å². The fourth-order valence-electron chi connectivity index (χ4n) is 1.50. The van der Waals surface area contributed by atoms with Crippen molar-refractivity contribution in [2.24, 2.45) is 0 Å². The highest BCUT2D eigenvalue weighted by Gasteiger charge is 2.10. The van der Waals surface area contributed by atoms with E-state index in [1.807, 2.05) is 12.1 Å². The summed E-state index contributed by atoms with van der Waals surface area (Å²) in [7, 11) is 0. The number of hydrogen-bond donors (Lipinski definition) is 1. The second-order valence-corrected chi connectivity index (χ2v) is 5.66. The third kappa shape index (κ3) is 3.48. The Balaban J connectivity index is 2.12. The summed E-state index contributed by atoms with van der Waals surface area (Å²) in [4.78, 5) is 11.0. The molecule has 0 fully saturated rings. The van der Waals surface area contributed by atoms with Gasteiger partial charge in [0, 0.05) is 27.3 Å². The summed E-state index contributed by atoms with van der Waals surface area (Å²) in [5.41, 5.74) is 1.00. The van der Waals surface area contributed by atoms with E-state index < -0.39 is 4.92 Å². The van der Waals surface area contributed by atoms with E-state index in [-0.39, 0.29) is 11.4 Å². The highest BCUT2D eigenvalue weighted by atomic mass is 79.9. The lowest BCUT2D eigenvalue weighted by Crippen LogP contribution is -1.90. The number of para-hydroxylation sites is 1. The fourth-order valence-corrected chi connectivity index (χ4v) is 3.15. The quantitative estimate of drug-likeness (QED) is 0.510. The van der Waals surface area contributed by atoms with Crippen LogP contribution in [-0.4, -0.2) is 10.0 Å². The smallest absolute Gasteiger partial charge is 0.270 e. The number of phenolic OH excluding ortho intramolecular Hbond substituents is 1. The molecule has 1 N–H and O–H groups in total. The predicted molar refractivity (Wildman–Crippen MR) is 78.5 cm³/mol. The lowest BCUT2D eigenvalue weighted by molar-refractivity contribution is -0.384. The molecule has 19 heavy (non-hydrogen) atoms. The van der Waals surface area contributed by atoms with E-state index in [2.05, 4.69) is 15.9 Å². The standard InChI is InChI=1S/C13H10BrNO3S/c14-11-7-10(15(17)18)6-5-9(11)8-19-13-4-2-1-3-12(13)16/h1-7,16H,8H2. The Morgan fingerprint density at radius 2 is 2.00 bits per heavy atom. The van der Waals surface area contributed by atoms with Crippen molar-refractivity contribution < 1.29 is 10.0 Å². The second-order valence-electron chi connectivity index (χ2n) is 3.79. The van der Waals surface area contributed by atoms with Crippen molar-refractivity contribution >= 4 is 33.4 Å². The molecule has 0 aromatic heterocycles. The topological polar surface area (TPSA) is 63.4 Å². The Labute approximate surface area is 122 Å². The minimum Gasteiger partial charge on any atom is -0.507 e. The van der Waals surface area contributed by atoms with Crippen LogP contribution in [0.25, 0.3) is 0 Å². The first-order valence-electron chi connectivity index (χ1n) is 5.41. The first kappa shape index (κ1) is 13.9. The number of nitro groups is 1. The van der Waals surface area contributed by atoms with Crippen LogP contribution in [0.2, 0.25) is 0 Å². The van der Waals surface area contributed by atoms with Crippen LogP contribution in [0.15, 0.2) is 51.8 Å². The summed E-state index contributed by atoms with van der Waals surface area (Å²) in [5.74, 6) is 0.862. The van der Waals surface area contributed by atoms with Gasteiger partial charge >= 0.3 is 0 Å². The molecule has 0 saturated carbocycles. The van der Waals surface area contributed by atoms with E-state index in [0.717, 1.165) is 10.5 Å². The van der Waals surface area contributed by atoms with Crippen LogP contribution < -0.4 is 0 Å². The summed E-state index contributed by atoms with van der Waals surface area (Å²) < 4.78 is 0.699. The van der Waals surface area contributed by atoms with Gasteiger partial charge in [-0.2, -0.15) is 0 Å². The van der Waals surface area contributed by atoms with Crippen LogP contribution in [0.1, 0.15) is 5.56 Å². The lowest BCUT2D eigenvalue weighted by atomic mass is 10.2. The van der Waals surface area contributed by atoms with Crippen molar-refractivity contribution in [3.8, 4) is 5.75 Å². The number of phenols is 1. The fraction of sp³-hybridized carbons (Fsp3) is 0.0769. The molecule has 2 aromatic rings. The molecule has 0 aliphatic rings. The van der Waals surface area contributed by atoms with Crippen molar-refractivity contribution in [2.75, 3.05) is 0 Å². The summed E-state index contributed by atoms with van der Waals surface area (Å²) in [6, 6.07) is 11.8. The number of halogens is 1. The van der Waals surface area contributed by atoms with E-state index in [1.54, 1.807) is 18.2 Å². The monoisotopic (exact) mass is 339 g/mol. The van der Waals surface area contributed by atoms with Gasteiger partial charge in [0.25, 0.3) is 5.69 Å². The van der Waals surface area contributed by atoms with E-state index in [0.29, 0.717) is 10.2 Å². The number of nitrogens with zero attached hydrogens (tertiary/aromatic N) is 1. The third-order valence-electron chi connectivity index (χ3n) is 2.50. The van der Waals surface area contributed by atoms with Crippen LogP contribution in [0.3, 0.4) is 0 Å². The first-order valence-corrected chi connectivity index (χ1v) is 7.19. The van der Waals surface area contributed by atoms with Gasteiger partial charge in [-0.25, -0.2) is 0 Å². The van der Waals surface area contributed by atoms with Gasteiger partial charge in [-0.3, -0.25) is 10.1 Å². The predicted octanol–water partition coefficient (Wildman–Crippen LogP) is 4.36. The Morgan fingerprint density at radius 3 is 2.63 bits per heavy atom. The summed E-state index contributed by atoms with van der Waals surface area (Å²) in [6.45, 7) is 0. The zero-order chi connectivity index (χ0) is 13.8. The van der Waals surface area contributed by atoms with E-state index in [9.17, 15) is 15.2 Å². The zero-order valence-electron chi connectivity index (χ0n) is 9.75. The molecule has 2 rings (SSSR count). The van der Waals surface area contributed by atoms with Crippen molar-refractivity contribution in [1.82, 2.24) is 0 Å². The molecule has 2 aromatic carbocycles. The van der Waals surface area contributed by atoms with E-state index in [4.69, 9.17) is 0 Å². The number of nitro benzene ring substituents is 1.